The van der Waals surface area contributed by atoms with Gasteiger partial charge in [-0.3, -0.25) is 4.90 Å². The van der Waals surface area contributed by atoms with E-state index in [9.17, 15) is 0 Å². The SMILES string of the molecule is CCCCN1CCCC[C@H]1c1ccc(N(C)C)nc1. The standard InChI is InChI=1S/C16H27N3/c1-4-5-11-19-12-7-6-8-15(19)14-9-10-16(17-13-14)18(2)3/h9-10,13,15H,4-8,11-12H2,1-3H3/t15-/m0/s1. The fraction of sp³-hybridized carbons (Fsp3) is 0.688. The van der Waals surface area contributed by atoms with E-state index in [0.29, 0.717) is 6.04 Å². The van der Waals surface area contributed by atoms with E-state index in [2.05, 4.69) is 40.0 Å². The van der Waals surface area contributed by atoms with E-state index in [4.69, 9.17) is 0 Å². The van der Waals surface area contributed by atoms with Crippen molar-refractivity contribution >= 4 is 5.82 Å². The Morgan fingerprint density at radius 2 is 2.16 bits per heavy atom. The van der Waals surface area contributed by atoms with Gasteiger partial charge in [0.15, 0.2) is 0 Å². The zero-order valence-corrected chi connectivity index (χ0v) is 12.6. The average Bonchev–Trinajstić information content (AvgIpc) is 2.45. The zero-order chi connectivity index (χ0) is 13.7. The van der Waals surface area contributed by atoms with Gasteiger partial charge in [-0.25, -0.2) is 4.98 Å². The lowest BCUT2D eigenvalue weighted by Crippen LogP contribution is -2.34. The van der Waals surface area contributed by atoms with Crippen LogP contribution in [0, 0.1) is 0 Å². The van der Waals surface area contributed by atoms with Gasteiger partial charge < -0.3 is 4.90 Å². The normalized spacial score (nSPS) is 20.5. The summed E-state index contributed by atoms with van der Waals surface area (Å²) >= 11 is 0. The molecule has 1 aliphatic rings. The maximum atomic E-state index is 4.57. The summed E-state index contributed by atoms with van der Waals surface area (Å²) in [6, 6.07) is 4.99. The summed E-state index contributed by atoms with van der Waals surface area (Å²) in [4.78, 5) is 9.27. The summed E-state index contributed by atoms with van der Waals surface area (Å²) in [6.07, 6.45) is 8.64. The molecule has 1 atom stereocenters. The first-order valence-corrected chi connectivity index (χ1v) is 7.59. The van der Waals surface area contributed by atoms with Crippen LogP contribution in [0.5, 0.6) is 0 Å². The van der Waals surface area contributed by atoms with E-state index in [1.807, 2.05) is 14.1 Å². The van der Waals surface area contributed by atoms with Crippen molar-refractivity contribution in [3.05, 3.63) is 23.9 Å². The lowest BCUT2D eigenvalue weighted by atomic mass is 9.96. The molecule has 0 unspecified atom stereocenters. The van der Waals surface area contributed by atoms with Gasteiger partial charge in [0.25, 0.3) is 0 Å². The molecule has 0 saturated carbocycles. The number of likely N-dealkylation sites (tertiary alicyclic amines) is 1. The molecule has 0 amide bonds. The predicted molar refractivity (Wildman–Crippen MR) is 81.6 cm³/mol. The van der Waals surface area contributed by atoms with Crippen molar-refractivity contribution in [2.45, 2.75) is 45.1 Å². The fourth-order valence-electron chi connectivity index (χ4n) is 2.86. The molecular formula is C16H27N3. The van der Waals surface area contributed by atoms with Gasteiger partial charge in [-0.15, -0.1) is 0 Å². The number of unbranched alkanes of at least 4 members (excludes halogenated alkanes) is 1. The average molecular weight is 261 g/mol. The fourth-order valence-corrected chi connectivity index (χ4v) is 2.86. The molecule has 3 heteroatoms. The number of piperidine rings is 1. The van der Waals surface area contributed by atoms with Crippen LogP contribution in [0.25, 0.3) is 0 Å². The number of pyridine rings is 1. The Bertz CT molecular complexity index is 372. The molecule has 0 aromatic carbocycles. The van der Waals surface area contributed by atoms with Crippen molar-refractivity contribution in [3.63, 3.8) is 0 Å². The third-order valence-corrected chi connectivity index (χ3v) is 4.03. The highest BCUT2D eigenvalue weighted by Gasteiger charge is 2.23. The van der Waals surface area contributed by atoms with Crippen molar-refractivity contribution in [2.24, 2.45) is 0 Å². The van der Waals surface area contributed by atoms with E-state index in [1.54, 1.807) is 0 Å². The van der Waals surface area contributed by atoms with Crippen LogP contribution >= 0.6 is 0 Å². The van der Waals surface area contributed by atoms with Crippen molar-refractivity contribution in [1.29, 1.82) is 0 Å². The largest absolute Gasteiger partial charge is 0.363 e. The minimum absolute atomic E-state index is 0.587. The quantitative estimate of drug-likeness (QED) is 0.809. The topological polar surface area (TPSA) is 19.4 Å². The zero-order valence-electron chi connectivity index (χ0n) is 12.6. The van der Waals surface area contributed by atoms with E-state index in [1.165, 1.54) is 50.8 Å². The molecule has 19 heavy (non-hydrogen) atoms. The monoisotopic (exact) mass is 261 g/mol. The second-order valence-electron chi connectivity index (χ2n) is 5.75. The molecule has 2 heterocycles. The van der Waals surface area contributed by atoms with Crippen molar-refractivity contribution in [1.82, 2.24) is 9.88 Å². The third-order valence-electron chi connectivity index (χ3n) is 4.03. The number of aromatic nitrogens is 1. The number of hydrogen-bond donors (Lipinski definition) is 0. The van der Waals surface area contributed by atoms with Crippen LogP contribution in [-0.4, -0.2) is 37.1 Å². The first kappa shape index (κ1) is 14.3. The maximum Gasteiger partial charge on any atom is 0.127 e. The number of rotatable bonds is 5. The molecule has 0 N–H and O–H groups in total. The van der Waals surface area contributed by atoms with Crippen molar-refractivity contribution < 1.29 is 0 Å². The first-order valence-electron chi connectivity index (χ1n) is 7.59. The Labute approximate surface area is 117 Å². The van der Waals surface area contributed by atoms with Crippen LogP contribution < -0.4 is 4.90 Å². The molecule has 0 radical (unpaired) electrons. The molecule has 1 fully saturated rings. The Morgan fingerprint density at radius 3 is 2.79 bits per heavy atom. The number of hydrogen-bond acceptors (Lipinski definition) is 3. The van der Waals surface area contributed by atoms with Gasteiger partial charge in [0.05, 0.1) is 0 Å². The molecule has 1 saturated heterocycles. The molecule has 2 rings (SSSR count). The van der Waals surface area contributed by atoms with E-state index >= 15 is 0 Å². The van der Waals surface area contributed by atoms with Crippen LogP contribution in [-0.2, 0) is 0 Å². The van der Waals surface area contributed by atoms with Crippen LogP contribution in [0.3, 0.4) is 0 Å². The number of anilines is 1. The second kappa shape index (κ2) is 6.90. The highest BCUT2D eigenvalue weighted by Crippen LogP contribution is 2.31. The van der Waals surface area contributed by atoms with Crippen molar-refractivity contribution in [3.8, 4) is 0 Å². The molecule has 0 bridgehead atoms. The Balaban J connectivity index is 2.08. The van der Waals surface area contributed by atoms with Crippen LogP contribution in [0.1, 0.15) is 50.6 Å². The Kier molecular flexibility index (Phi) is 5.20. The molecule has 0 spiro atoms. The third kappa shape index (κ3) is 3.69. The van der Waals surface area contributed by atoms with Crippen molar-refractivity contribution in [2.75, 3.05) is 32.1 Å². The molecule has 1 aromatic rings. The number of nitrogens with zero attached hydrogens (tertiary/aromatic N) is 3. The second-order valence-corrected chi connectivity index (χ2v) is 5.75. The minimum Gasteiger partial charge on any atom is -0.363 e. The van der Waals surface area contributed by atoms with Gasteiger partial charge in [-0.2, -0.15) is 0 Å². The summed E-state index contributed by atoms with van der Waals surface area (Å²) in [6.45, 7) is 4.75. The van der Waals surface area contributed by atoms with Crippen LogP contribution in [0.2, 0.25) is 0 Å². The first-order chi connectivity index (χ1) is 9.22. The highest BCUT2D eigenvalue weighted by atomic mass is 15.2. The highest BCUT2D eigenvalue weighted by molar-refractivity contribution is 5.37. The lowest BCUT2D eigenvalue weighted by Gasteiger charge is -2.36. The summed E-state index contributed by atoms with van der Waals surface area (Å²) in [5.41, 5.74) is 1.39. The molecule has 1 aromatic heterocycles. The van der Waals surface area contributed by atoms with Gasteiger partial charge in [0.1, 0.15) is 5.82 Å². The van der Waals surface area contributed by atoms with Gasteiger partial charge in [-0.05, 0) is 44.0 Å². The molecular weight excluding hydrogens is 234 g/mol. The van der Waals surface area contributed by atoms with E-state index in [0.717, 1.165) is 5.82 Å². The summed E-state index contributed by atoms with van der Waals surface area (Å²) in [5.74, 6) is 1.04. The smallest absolute Gasteiger partial charge is 0.127 e. The van der Waals surface area contributed by atoms with Gasteiger partial charge >= 0.3 is 0 Å². The molecule has 3 nitrogen and oxygen atoms in total. The van der Waals surface area contributed by atoms with E-state index in [-0.39, 0.29) is 0 Å². The van der Waals surface area contributed by atoms with Gasteiger partial charge in [0, 0.05) is 26.3 Å². The van der Waals surface area contributed by atoms with E-state index < -0.39 is 0 Å². The summed E-state index contributed by atoms with van der Waals surface area (Å²) in [5, 5.41) is 0. The minimum atomic E-state index is 0.587. The van der Waals surface area contributed by atoms with Gasteiger partial charge in [0.2, 0.25) is 0 Å². The summed E-state index contributed by atoms with van der Waals surface area (Å²) in [7, 11) is 4.08. The predicted octanol–water partition coefficient (Wildman–Crippen LogP) is 3.47. The lowest BCUT2D eigenvalue weighted by molar-refractivity contribution is 0.146. The molecule has 106 valence electrons. The molecule has 1 aliphatic heterocycles. The summed E-state index contributed by atoms with van der Waals surface area (Å²) < 4.78 is 0. The van der Waals surface area contributed by atoms with Crippen LogP contribution in [0.15, 0.2) is 18.3 Å². The van der Waals surface area contributed by atoms with Gasteiger partial charge in [-0.1, -0.05) is 25.8 Å². The van der Waals surface area contributed by atoms with Crippen LogP contribution in [0.4, 0.5) is 5.82 Å². The maximum absolute atomic E-state index is 4.57. The Hall–Kier alpha value is -1.09. The molecule has 0 aliphatic carbocycles. The Morgan fingerprint density at radius 1 is 1.32 bits per heavy atom.